The van der Waals surface area contributed by atoms with E-state index >= 15 is 0 Å². The third kappa shape index (κ3) is 1.66. The summed E-state index contributed by atoms with van der Waals surface area (Å²) in [5.74, 6) is 0. The molecule has 1 saturated heterocycles. The number of rotatable bonds is 1. The SMILES string of the molecule is c1ccc2c(c1)NC(N1CCOCC1)N2. The normalized spacial score (nSPS) is 21.9. The quantitative estimate of drug-likeness (QED) is 0.721. The van der Waals surface area contributed by atoms with Gasteiger partial charge in [-0.15, -0.1) is 0 Å². The molecule has 2 N–H and O–H groups in total. The van der Waals surface area contributed by atoms with E-state index in [1.165, 1.54) is 11.4 Å². The molecule has 0 bridgehead atoms. The van der Waals surface area contributed by atoms with E-state index in [9.17, 15) is 0 Å². The maximum atomic E-state index is 5.34. The monoisotopic (exact) mass is 205 g/mol. The molecule has 0 spiro atoms. The Labute approximate surface area is 89.2 Å². The molecule has 3 rings (SSSR count). The highest BCUT2D eigenvalue weighted by Crippen LogP contribution is 2.29. The van der Waals surface area contributed by atoms with Gasteiger partial charge in [-0.05, 0) is 12.1 Å². The van der Waals surface area contributed by atoms with E-state index < -0.39 is 0 Å². The van der Waals surface area contributed by atoms with Crippen LogP contribution in [0.4, 0.5) is 11.4 Å². The molecular weight excluding hydrogens is 190 g/mol. The first-order chi connectivity index (χ1) is 7.43. The van der Waals surface area contributed by atoms with Crippen molar-refractivity contribution in [2.24, 2.45) is 0 Å². The maximum absolute atomic E-state index is 5.34. The molecule has 1 aromatic carbocycles. The van der Waals surface area contributed by atoms with Crippen LogP contribution in [0.3, 0.4) is 0 Å². The molecule has 2 aliphatic heterocycles. The fraction of sp³-hybridized carbons (Fsp3) is 0.455. The molecule has 0 radical (unpaired) electrons. The molecule has 0 unspecified atom stereocenters. The summed E-state index contributed by atoms with van der Waals surface area (Å²) < 4.78 is 5.34. The number of hydrogen-bond acceptors (Lipinski definition) is 4. The first-order valence-corrected chi connectivity index (χ1v) is 5.37. The number of anilines is 2. The van der Waals surface area contributed by atoms with Gasteiger partial charge in [-0.1, -0.05) is 12.1 Å². The zero-order valence-electron chi connectivity index (χ0n) is 8.57. The summed E-state index contributed by atoms with van der Waals surface area (Å²) in [6, 6.07) is 8.30. The van der Waals surface area contributed by atoms with E-state index in [2.05, 4.69) is 39.8 Å². The van der Waals surface area contributed by atoms with Crippen LogP contribution in [-0.2, 0) is 4.74 Å². The van der Waals surface area contributed by atoms with Gasteiger partial charge in [-0.2, -0.15) is 0 Å². The first-order valence-electron chi connectivity index (χ1n) is 5.37. The van der Waals surface area contributed by atoms with E-state index in [1.807, 2.05) is 0 Å². The maximum Gasteiger partial charge on any atom is 0.155 e. The number of benzene rings is 1. The second-order valence-electron chi connectivity index (χ2n) is 3.89. The number of fused-ring (bicyclic) bond motifs is 1. The zero-order chi connectivity index (χ0) is 10.1. The first kappa shape index (κ1) is 9.00. The molecule has 4 nitrogen and oxygen atoms in total. The van der Waals surface area contributed by atoms with Gasteiger partial charge in [0.2, 0.25) is 0 Å². The second kappa shape index (κ2) is 3.72. The minimum Gasteiger partial charge on any atom is -0.379 e. The van der Waals surface area contributed by atoms with Gasteiger partial charge in [-0.25, -0.2) is 0 Å². The van der Waals surface area contributed by atoms with Gasteiger partial charge in [0.15, 0.2) is 6.29 Å². The van der Waals surface area contributed by atoms with Gasteiger partial charge in [0, 0.05) is 13.1 Å². The molecule has 0 atom stereocenters. The molecule has 0 aromatic heterocycles. The highest BCUT2D eigenvalue weighted by molar-refractivity contribution is 5.73. The van der Waals surface area contributed by atoms with Gasteiger partial charge < -0.3 is 15.4 Å². The molecule has 2 heterocycles. The van der Waals surface area contributed by atoms with Crippen molar-refractivity contribution in [2.45, 2.75) is 6.29 Å². The van der Waals surface area contributed by atoms with E-state index in [4.69, 9.17) is 4.74 Å². The van der Waals surface area contributed by atoms with Crippen molar-refractivity contribution in [3.05, 3.63) is 24.3 Å². The molecule has 2 aliphatic rings. The Morgan fingerprint density at radius 2 is 1.67 bits per heavy atom. The largest absolute Gasteiger partial charge is 0.379 e. The molecule has 0 aliphatic carbocycles. The summed E-state index contributed by atoms with van der Waals surface area (Å²) in [7, 11) is 0. The number of para-hydroxylation sites is 2. The molecule has 15 heavy (non-hydrogen) atoms. The lowest BCUT2D eigenvalue weighted by atomic mass is 10.3. The van der Waals surface area contributed by atoms with E-state index in [-0.39, 0.29) is 6.29 Å². The summed E-state index contributed by atoms with van der Waals surface area (Å²) in [5, 5.41) is 6.93. The van der Waals surface area contributed by atoms with Crippen LogP contribution in [0, 0.1) is 0 Å². The molecule has 80 valence electrons. The molecule has 0 amide bonds. The van der Waals surface area contributed by atoms with E-state index in [0.29, 0.717) is 0 Å². The average molecular weight is 205 g/mol. The van der Waals surface area contributed by atoms with E-state index in [0.717, 1.165) is 26.3 Å². The van der Waals surface area contributed by atoms with Crippen molar-refractivity contribution in [1.29, 1.82) is 0 Å². The van der Waals surface area contributed by atoms with E-state index in [1.54, 1.807) is 0 Å². The van der Waals surface area contributed by atoms with Crippen LogP contribution in [0.5, 0.6) is 0 Å². The zero-order valence-corrected chi connectivity index (χ0v) is 8.57. The highest BCUT2D eigenvalue weighted by Gasteiger charge is 2.25. The van der Waals surface area contributed by atoms with Gasteiger partial charge in [0.1, 0.15) is 0 Å². The predicted octanol–water partition coefficient (Wildman–Crippen LogP) is 1.14. The van der Waals surface area contributed by atoms with Gasteiger partial charge in [-0.3, -0.25) is 4.90 Å². The Balaban J connectivity index is 1.72. The lowest BCUT2D eigenvalue weighted by molar-refractivity contribution is 0.0277. The number of morpholine rings is 1. The highest BCUT2D eigenvalue weighted by atomic mass is 16.5. The Morgan fingerprint density at radius 3 is 2.27 bits per heavy atom. The van der Waals surface area contributed by atoms with Crippen LogP contribution in [0.1, 0.15) is 0 Å². The second-order valence-corrected chi connectivity index (χ2v) is 3.89. The third-order valence-electron chi connectivity index (χ3n) is 2.92. The van der Waals surface area contributed by atoms with Gasteiger partial charge >= 0.3 is 0 Å². The fourth-order valence-corrected chi connectivity index (χ4v) is 2.08. The van der Waals surface area contributed by atoms with Crippen molar-refractivity contribution in [1.82, 2.24) is 4.90 Å². The Hall–Kier alpha value is -1.26. The number of hydrogen-bond donors (Lipinski definition) is 2. The molecule has 0 saturated carbocycles. The standard InChI is InChI=1S/C11H15N3O/c1-2-4-10-9(3-1)12-11(13-10)14-5-7-15-8-6-14/h1-4,11-13H,5-8H2. The molecular formula is C11H15N3O. The lowest BCUT2D eigenvalue weighted by Gasteiger charge is -2.32. The fourth-order valence-electron chi connectivity index (χ4n) is 2.08. The van der Waals surface area contributed by atoms with Crippen LogP contribution in [0.15, 0.2) is 24.3 Å². The Bertz CT molecular complexity index is 324. The smallest absolute Gasteiger partial charge is 0.155 e. The minimum atomic E-state index is 0.228. The van der Waals surface area contributed by atoms with Crippen LogP contribution >= 0.6 is 0 Å². The van der Waals surface area contributed by atoms with Crippen LogP contribution in [-0.4, -0.2) is 37.5 Å². The van der Waals surface area contributed by atoms with Crippen molar-refractivity contribution in [3.63, 3.8) is 0 Å². The molecule has 4 heteroatoms. The summed E-state index contributed by atoms with van der Waals surface area (Å²) in [6.07, 6.45) is 0.228. The minimum absolute atomic E-state index is 0.228. The van der Waals surface area contributed by atoms with Crippen molar-refractivity contribution < 1.29 is 4.74 Å². The van der Waals surface area contributed by atoms with Gasteiger partial charge in [0.25, 0.3) is 0 Å². The number of nitrogens with zero attached hydrogens (tertiary/aromatic N) is 1. The van der Waals surface area contributed by atoms with Crippen molar-refractivity contribution in [2.75, 3.05) is 36.9 Å². The Kier molecular flexibility index (Phi) is 2.23. The summed E-state index contributed by atoms with van der Waals surface area (Å²) in [4.78, 5) is 2.36. The Morgan fingerprint density at radius 1 is 1.07 bits per heavy atom. The van der Waals surface area contributed by atoms with Crippen LogP contribution in [0.25, 0.3) is 0 Å². The molecule has 1 aromatic rings. The third-order valence-corrected chi connectivity index (χ3v) is 2.92. The van der Waals surface area contributed by atoms with Crippen LogP contribution in [0.2, 0.25) is 0 Å². The van der Waals surface area contributed by atoms with Crippen LogP contribution < -0.4 is 10.6 Å². The lowest BCUT2D eigenvalue weighted by Crippen LogP contribution is -2.49. The molecule has 1 fully saturated rings. The summed E-state index contributed by atoms with van der Waals surface area (Å²) >= 11 is 0. The number of ether oxygens (including phenoxy) is 1. The summed E-state index contributed by atoms with van der Waals surface area (Å²) in [5.41, 5.74) is 2.38. The van der Waals surface area contributed by atoms with Crippen molar-refractivity contribution in [3.8, 4) is 0 Å². The predicted molar refractivity (Wildman–Crippen MR) is 59.9 cm³/mol. The van der Waals surface area contributed by atoms with Gasteiger partial charge in [0.05, 0.1) is 24.6 Å². The average Bonchev–Trinajstić information content (AvgIpc) is 2.74. The topological polar surface area (TPSA) is 36.5 Å². The summed E-state index contributed by atoms with van der Waals surface area (Å²) in [6.45, 7) is 3.63. The van der Waals surface area contributed by atoms with Crippen molar-refractivity contribution >= 4 is 11.4 Å². The number of nitrogens with one attached hydrogen (secondary N) is 2.